The number of hydrogen-bond acceptors (Lipinski definition) is 6. The highest BCUT2D eigenvalue weighted by atomic mass is 32.2. The average Bonchev–Trinajstić information content (AvgIpc) is 3.28. The Morgan fingerprint density at radius 1 is 1.03 bits per heavy atom. The second-order valence-corrected chi connectivity index (χ2v) is 9.79. The zero-order chi connectivity index (χ0) is 26.3. The van der Waals surface area contributed by atoms with Crippen molar-refractivity contribution in [2.45, 2.75) is 23.5 Å². The van der Waals surface area contributed by atoms with E-state index in [0.717, 1.165) is 21.9 Å². The molecule has 2 N–H and O–H groups in total. The Morgan fingerprint density at radius 3 is 2.22 bits per heavy atom. The van der Waals surface area contributed by atoms with E-state index < -0.39 is 39.8 Å². The van der Waals surface area contributed by atoms with Gasteiger partial charge in [-0.15, -0.1) is 13.2 Å². The van der Waals surface area contributed by atoms with Gasteiger partial charge < -0.3 is 19.3 Å². The maximum atomic E-state index is 15.5. The Hall–Kier alpha value is -3.65. The summed E-state index contributed by atoms with van der Waals surface area (Å²) in [4.78, 5) is 27.2. The lowest BCUT2D eigenvalue weighted by molar-refractivity contribution is -0.274. The van der Waals surface area contributed by atoms with Crippen LogP contribution >= 0.6 is 0 Å². The number of nitrogens with two attached hydrogens (primary N) is 1. The fourth-order valence-corrected chi connectivity index (χ4v) is 4.37. The van der Waals surface area contributed by atoms with Crippen molar-refractivity contribution < 1.29 is 45.0 Å². The number of fused-ring (bicyclic) bond motifs is 1. The third-order valence-electron chi connectivity index (χ3n) is 5.58. The minimum atomic E-state index is -4.82. The van der Waals surface area contributed by atoms with Crippen LogP contribution in [0.25, 0.3) is 0 Å². The van der Waals surface area contributed by atoms with Crippen LogP contribution in [-0.2, 0) is 21.4 Å². The molecule has 9 nitrogen and oxygen atoms in total. The summed E-state index contributed by atoms with van der Waals surface area (Å²) in [5, 5.41) is 5.04. The molecule has 0 radical (unpaired) electrons. The van der Waals surface area contributed by atoms with Crippen molar-refractivity contribution in [3.05, 3.63) is 71.4 Å². The predicted molar refractivity (Wildman–Crippen MR) is 116 cm³/mol. The molecule has 0 aliphatic carbocycles. The van der Waals surface area contributed by atoms with Crippen LogP contribution in [0, 0.1) is 0 Å². The van der Waals surface area contributed by atoms with E-state index in [1.807, 2.05) is 0 Å². The van der Waals surface area contributed by atoms with E-state index in [2.05, 4.69) is 4.74 Å². The quantitative estimate of drug-likeness (QED) is 0.595. The largest absolute Gasteiger partial charge is 0.573 e. The van der Waals surface area contributed by atoms with Gasteiger partial charge in [-0.3, -0.25) is 4.79 Å². The second kappa shape index (κ2) is 9.09. The second-order valence-electron chi connectivity index (χ2n) is 8.22. The minimum absolute atomic E-state index is 0.123. The number of alkyl halides is 4. The Morgan fingerprint density at radius 2 is 1.67 bits per heavy atom. The molecule has 0 aromatic heterocycles. The summed E-state index contributed by atoms with van der Waals surface area (Å²) >= 11 is 0. The van der Waals surface area contributed by atoms with E-state index in [9.17, 15) is 31.2 Å². The number of carbonyl (C=O) groups excluding carboxylic acids is 2. The number of primary sulfonamides is 1. The molecule has 0 saturated carbocycles. The predicted octanol–water partition coefficient (Wildman–Crippen LogP) is 2.93. The monoisotopic (exact) mass is 529 g/mol. The normalized spacial score (nSPS) is 19.6. The van der Waals surface area contributed by atoms with Crippen molar-refractivity contribution in [1.82, 2.24) is 9.80 Å². The zero-order valence-electron chi connectivity index (χ0n) is 18.4. The number of rotatable bonds is 5. The molecule has 1 atom stereocenters. The van der Waals surface area contributed by atoms with Crippen LogP contribution in [0.5, 0.6) is 5.75 Å². The first kappa shape index (κ1) is 25.4. The van der Waals surface area contributed by atoms with Crippen molar-refractivity contribution >= 4 is 22.0 Å². The van der Waals surface area contributed by atoms with Gasteiger partial charge in [-0.05, 0) is 42.0 Å². The topological polar surface area (TPSA) is 119 Å². The zero-order valence-corrected chi connectivity index (χ0v) is 19.2. The highest BCUT2D eigenvalue weighted by Gasteiger charge is 2.50. The molecule has 1 unspecified atom stereocenters. The SMILES string of the molecule is NS(=O)(=O)c1ccc(C(=O)N2C=C3CN(C(=O)OCc4ccc(OC(F)(F)F)cc4)CC3(F)C2)cc1. The van der Waals surface area contributed by atoms with Gasteiger partial charge >= 0.3 is 12.5 Å². The van der Waals surface area contributed by atoms with Crippen LogP contribution in [-0.4, -0.2) is 61.9 Å². The van der Waals surface area contributed by atoms with Crippen LogP contribution in [0.3, 0.4) is 0 Å². The number of nitrogens with zero attached hydrogens (tertiary/aromatic N) is 2. The van der Waals surface area contributed by atoms with Crippen LogP contribution in [0.2, 0.25) is 0 Å². The van der Waals surface area contributed by atoms with Gasteiger partial charge in [0, 0.05) is 17.3 Å². The van der Waals surface area contributed by atoms with E-state index in [0.29, 0.717) is 5.56 Å². The van der Waals surface area contributed by atoms with Gasteiger partial charge in [-0.1, -0.05) is 12.1 Å². The van der Waals surface area contributed by atoms with Crippen molar-refractivity contribution in [3.63, 3.8) is 0 Å². The third-order valence-corrected chi connectivity index (χ3v) is 6.51. The molecule has 2 aliphatic heterocycles. The minimum Gasteiger partial charge on any atom is -0.445 e. The van der Waals surface area contributed by atoms with Crippen LogP contribution in [0.15, 0.2) is 65.2 Å². The summed E-state index contributed by atoms with van der Waals surface area (Å²) < 4.78 is 83.8. The standard InChI is InChI=1S/C22H19F4N3O6S/c23-21-12-28(19(30)15-3-7-18(8-4-15)36(27,32)33)9-16(21)10-29(13-21)20(31)34-11-14-1-5-17(6-2-14)35-22(24,25)26/h1-9H,10-13H2,(H2,27,32,33). The maximum absolute atomic E-state index is 15.5. The molecule has 2 aromatic carbocycles. The lowest BCUT2D eigenvalue weighted by Crippen LogP contribution is -2.40. The van der Waals surface area contributed by atoms with E-state index >= 15 is 4.39 Å². The lowest BCUT2D eigenvalue weighted by atomic mass is 10.0. The molecule has 192 valence electrons. The molecule has 2 aliphatic rings. The maximum Gasteiger partial charge on any atom is 0.573 e. The van der Waals surface area contributed by atoms with Gasteiger partial charge in [-0.25, -0.2) is 22.7 Å². The van der Waals surface area contributed by atoms with E-state index in [4.69, 9.17) is 9.88 Å². The summed E-state index contributed by atoms with van der Waals surface area (Å²) in [6.07, 6.45) is -4.34. The third kappa shape index (κ3) is 5.60. The highest BCUT2D eigenvalue weighted by molar-refractivity contribution is 7.89. The Kier molecular flexibility index (Phi) is 6.43. The van der Waals surface area contributed by atoms with Gasteiger partial charge in [-0.2, -0.15) is 0 Å². The van der Waals surface area contributed by atoms with Gasteiger partial charge in [0.15, 0.2) is 5.67 Å². The fraction of sp³-hybridized carbons (Fsp3) is 0.273. The lowest BCUT2D eigenvalue weighted by Gasteiger charge is -2.22. The summed E-state index contributed by atoms with van der Waals surface area (Å²) in [5.41, 5.74) is -1.25. The van der Waals surface area contributed by atoms with Crippen molar-refractivity contribution in [1.29, 1.82) is 0 Å². The number of sulfonamides is 1. The highest BCUT2D eigenvalue weighted by Crippen LogP contribution is 2.38. The van der Waals surface area contributed by atoms with Gasteiger partial charge in [0.1, 0.15) is 12.4 Å². The molecule has 2 amide bonds. The molecule has 2 heterocycles. The summed E-state index contributed by atoms with van der Waals surface area (Å²) in [6, 6.07) is 9.63. The molecule has 1 fully saturated rings. The molecular formula is C22H19F4N3O6S. The number of halogens is 4. The van der Waals surface area contributed by atoms with Crippen LogP contribution in [0.1, 0.15) is 15.9 Å². The smallest absolute Gasteiger partial charge is 0.445 e. The van der Waals surface area contributed by atoms with Gasteiger partial charge in [0.25, 0.3) is 5.91 Å². The Balaban J connectivity index is 1.34. The summed E-state index contributed by atoms with van der Waals surface area (Å²) in [5.74, 6) is -0.974. The number of likely N-dealkylation sites (tertiary alicyclic amines) is 1. The van der Waals surface area contributed by atoms with Crippen LogP contribution < -0.4 is 9.88 Å². The first-order valence-corrected chi connectivity index (χ1v) is 11.9. The Labute approximate surface area is 202 Å². The number of ether oxygens (including phenoxy) is 2. The van der Waals surface area contributed by atoms with E-state index in [-0.39, 0.29) is 42.3 Å². The molecule has 2 aromatic rings. The van der Waals surface area contributed by atoms with Gasteiger partial charge in [0.2, 0.25) is 10.0 Å². The van der Waals surface area contributed by atoms with Crippen molar-refractivity contribution in [3.8, 4) is 5.75 Å². The molecular weight excluding hydrogens is 510 g/mol. The fourth-order valence-electron chi connectivity index (χ4n) is 3.86. The van der Waals surface area contributed by atoms with Gasteiger partial charge in [0.05, 0.1) is 24.5 Å². The first-order valence-electron chi connectivity index (χ1n) is 10.3. The molecule has 0 bridgehead atoms. The number of hydrogen-bond donors (Lipinski definition) is 1. The van der Waals surface area contributed by atoms with E-state index in [1.165, 1.54) is 42.6 Å². The average molecular weight is 529 g/mol. The summed E-state index contributed by atoms with van der Waals surface area (Å²) in [7, 11) is -3.92. The first-order chi connectivity index (χ1) is 16.7. The van der Waals surface area contributed by atoms with E-state index in [1.54, 1.807) is 0 Å². The molecule has 14 heteroatoms. The van der Waals surface area contributed by atoms with Crippen molar-refractivity contribution in [2.75, 3.05) is 19.6 Å². The number of benzene rings is 2. The summed E-state index contributed by atoms with van der Waals surface area (Å²) in [6.45, 7) is -1.08. The molecule has 1 saturated heterocycles. The molecule has 36 heavy (non-hydrogen) atoms. The number of amides is 2. The van der Waals surface area contributed by atoms with Crippen molar-refractivity contribution in [2.24, 2.45) is 5.14 Å². The molecule has 0 spiro atoms. The van der Waals surface area contributed by atoms with Crippen LogP contribution in [0.4, 0.5) is 22.4 Å². The number of carbonyl (C=O) groups is 2. The molecule has 4 rings (SSSR count). The Bertz CT molecular complexity index is 1310.